The molecule has 0 spiro atoms. The summed E-state index contributed by atoms with van der Waals surface area (Å²) in [6.45, 7) is 8.87. The van der Waals surface area contributed by atoms with Gasteiger partial charge in [-0.15, -0.1) is 0 Å². The smallest absolute Gasteiger partial charge is 0.225 e. The molecule has 0 radical (unpaired) electrons. The van der Waals surface area contributed by atoms with Gasteiger partial charge in [-0.2, -0.15) is 0 Å². The van der Waals surface area contributed by atoms with E-state index < -0.39 is 0 Å². The lowest BCUT2D eigenvalue weighted by atomic mass is 9.80. The molecule has 0 fully saturated rings. The number of unbranched alkanes of at least 4 members (excludes halogenated alkanes) is 1. The molecule has 3 nitrogen and oxygen atoms in total. The average Bonchev–Trinajstić information content (AvgIpc) is 2.11. The van der Waals surface area contributed by atoms with Crippen molar-refractivity contribution < 1.29 is 9.90 Å². The molecule has 14 heavy (non-hydrogen) atoms. The fourth-order valence-electron chi connectivity index (χ4n) is 0.929. The highest BCUT2D eigenvalue weighted by atomic mass is 16.2. The maximum atomic E-state index is 11.7. The predicted molar refractivity (Wildman–Crippen MR) is 57.9 cm³/mol. The van der Waals surface area contributed by atoms with E-state index in [2.05, 4.69) is 5.32 Å². The molecule has 0 aromatic rings. The van der Waals surface area contributed by atoms with Gasteiger partial charge in [0.15, 0.2) is 0 Å². The molecule has 84 valence electrons. The van der Waals surface area contributed by atoms with E-state index in [0.717, 1.165) is 12.8 Å². The lowest BCUT2D eigenvalue weighted by Crippen LogP contribution is -2.40. The number of nitrogens with one attached hydrogen (secondary N) is 1. The van der Waals surface area contributed by atoms with Gasteiger partial charge in [-0.1, -0.05) is 27.7 Å². The van der Waals surface area contributed by atoms with E-state index in [-0.39, 0.29) is 17.9 Å². The lowest BCUT2D eigenvalue weighted by Gasteiger charge is -2.27. The van der Waals surface area contributed by atoms with Crippen LogP contribution in [0.2, 0.25) is 0 Å². The van der Waals surface area contributed by atoms with Crippen LogP contribution in [0.3, 0.4) is 0 Å². The molecule has 0 saturated carbocycles. The minimum absolute atomic E-state index is 0.102. The average molecular weight is 201 g/mol. The van der Waals surface area contributed by atoms with Gasteiger partial charge in [0.05, 0.1) is 0 Å². The van der Waals surface area contributed by atoms with Crippen LogP contribution in [0.1, 0.15) is 40.5 Å². The number of rotatable bonds is 6. The van der Waals surface area contributed by atoms with Gasteiger partial charge in [-0.05, 0) is 18.8 Å². The number of aliphatic hydroxyl groups is 1. The van der Waals surface area contributed by atoms with Crippen molar-refractivity contribution in [1.29, 1.82) is 0 Å². The van der Waals surface area contributed by atoms with Gasteiger partial charge >= 0.3 is 0 Å². The van der Waals surface area contributed by atoms with Crippen LogP contribution in [0, 0.1) is 11.3 Å². The van der Waals surface area contributed by atoms with Crippen molar-refractivity contribution in [2.45, 2.75) is 40.5 Å². The van der Waals surface area contributed by atoms with E-state index >= 15 is 0 Å². The number of carbonyl (C=O) groups excluding carboxylic acids is 1. The van der Waals surface area contributed by atoms with E-state index in [9.17, 15) is 4.79 Å². The van der Waals surface area contributed by atoms with Crippen molar-refractivity contribution in [3.8, 4) is 0 Å². The van der Waals surface area contributed by atoms with Crippen molar-refractivity contribution in [1.82, 2.24) is 5.32 Å². The van der Waals surface area contributed by atoms with E-state index in [0.29, 0.717) is 12.5 Å². The van der Waals surface area contributed by atoms with Crippen molar-refractivity contribution in [3.63, 3.8) is 0 Å². The molecule has 2 N–H and O–H groups in total. The molecule has 0 rings (SSSR count). The van der Waals surface area contributed by atoms with Gasteiger partial charge in [-0.25, -0.2) is 0 Å². The summed E-state index contributed by atoms with van der Waals surface area (Å²) < 4.78 is 0. The second-order valence-corrected chi connectivity index (χ2v) is 4.56. The molecule has 0 bridgehead atoms. The van der Waals surface area contributed by atoms with Crippen LogP contribution in [0.4, 0.5) is 0 Å². The van der Waals surface area contributed by atoms with Crippen LogP contribution in [-0.4, -0.2) is 24.2 Å². The summed E-state index contributed by atoms with van der Waals surface area (Å²) in [5.41, 5.74) is -0.306. The zero-order chi connectivity index (χ0) is 11.2. The Hall–Kier alpha value is -0.570. The molecular weight excluding hydrogens is 178 g/mol. The molecular formula is C11H23NO2. The summed E-state index contributed by atoms with van der Waals surface area (Å²) >= 11 is 0. The highest BCUT2D eigenvalue weighted by Crippen LogP contribution is 2.25. The largest absolute Gasteiger partial charge is 0.396 e. The van der Waals surface area contributed by atoms with Crippen molar-refractivity contribution in [2.24, 2.45) is 11.3 Å². The van der Waals surface area contributed by atoms with E-state index in [1.54, 1.807) is 0 Å². The number of aliphatic hydroxyl groups excluding tert-OH is 1. The Morgan fingerprint density at radius 2 is 1.93 bits per heavy atom. The van der Waals surface area contributed by atoms with Crippen LogP contribution in [0.25, 0.3) is 0 Å². The SMILES string of the molecule is CC(C)C(C)(C)C(=O)NCCCCO. The zero-order valence-corrected chi connectivity index (χ0v) is 9.76. The normalized spacial score (nSPS) is 11.9. The first-order valence-corrected chi connectivity index (χ1v) is 5.32. The van der Waals surface area contributed by atoms with Gasteiger partial charge in [-0.3, -0.25) is 4.79 Å². The summed E-state index contributed by atoms with van der Waals surface area (Å²) in [6.07, 6.45) is 1.60. The second kappa shape index (κ2) is 6.02. The minimum Gasteiger partial charge on any atom is -0.396 e. The molecule has 0 aromatic heterocycles. The Morgan fingerprint density at radius 3 is 2.36 bits per heavy atom. The third-order valence-corrected chi connectivity index (χ3v) is 2.90. The van der Waals surface area contributed by atoms with Gasteiger partial charge in [0.1, 0.15) is 0 Å². The first-order chi connectivity index (χ1) is 6.42. The highest BCUT2D eigenvalue weighted by molar-refractivity contribution is 5.81. The Balaban J connectivity index is 3.84. The number of amides is 1. The van der Waals surface area contributed by atoms with Gasteiger partial charge < -0.3 is 10.4 Å². The number of hydrogen-bond acceptors (Lipinski definition) is 2. The topological polar surface area (TPSA) is 49.3 Å². The van der Waals surface area contributed by atoms with Crippen LogP contribution < -0.4 is 5.32 Å². The van der Waals surface area contributed by atoms with Gasteiger partial charge in [0.2, 0.25) is 5.91 Å². The Morgan fingerprint density at radius 1 is 1.36 bits per heavy atom. The third-order valence-electron chi connectivity index (χ3n) is 2.90. The maximum absolute atomic E-state index is 11.7. The molecule has 0 aromatic carbocycles. The summed E-state index contributed by atoms with van der Waals surface area (Å²) in [6, 6.07) is 0. The quantitative estimate of drug-likeness (QED) is 0.641. The fraction of sp³-hybridized carbons (Fsp3) is 0.909. The van der Waals surface area contributed by atoms with Crippen LogP contribution in [-0.2, 0) is 4.79 Å². The minimum atomic E-state index is -0.306. The van der Waals surface area contributed by atoms with E-state index in [4.69, 9.17) is 5.11 Å². The number of hydrogen-bond donors (Lipinski definition) is 2. The fourth-order valence-corrected chi connectivity index (χ4v) is 0.929. The van der Waals surface area contributed by atoms with E-state index in [1.165, 1.54) is 0 Å². The summed E-state index contributed by atoms with van der Waals surface area (Å²) in [5.74, 6) is 0.436. The molecule has 0 heterocycles. The molecule has 0 aliphatic heterocycles. The third kappa shape index (κ3) is 4.09. The first kappa shape index (κ1) is 13.4. The van der Waals surface area contributed by atoms with Crippen LogP contribution in [0.5, 0.6) is 0 Å². The van der Waals surface area contributed by atoms with Gasteiger partial charge in [0, 0.05) is 18.6 Å². The standard InChI is InChI=1S/C11H23NO2/c1-9(2)11(3,4)10(14)12-7-5-6-8-13/h9,13H,5-8H2,1-4H3,(H,12,14). The zero-order valence-electron chi connectivity index (χ0n) is 9.76. The molecule has 0 aliphatic rings. The maximum Gasteiger partial charge on any atom is 0.225 e. The van der Waals surface area contributed by atoms with E-state index in [1.807, 2.05) is 27.7 Å². The molecule has 0 unspecified atom stereocenters. The van der Waals surface area contributed by atoms with Crippen molar-refractivity contribution in [2.75, 3.05) is 13.2 Å². The monoisotopic (exact) mass is 201 g/mol. The Kier molecular flexibility index (Phi) is 5.77. The van der Waals surface area contributed by atoms with Crippen molar-refractivity contribution >= 4 is 5.91 Å². The van der Waals surface area contributed by atoms with Crippen LogP contribution >= 0.6 is 0 Å². The predicted octanol–water partition coefficient (Wildman–Crippen LogP) is 1.56. The summed E-state index contributed by atoms with van der Waals surface area (Å²) in [4.78, 5) is 11.7. The first-order valence-electron chi connectivity index (χ1n) is 5.32. The summed E-state index contributed by atoms with van der Waals surface area (Å²) in [7, 11) is 0. The molecule has 1 amide bonds. The molecule has 3 heteroatoms. The number of carbonyl (C=O) groups is 1. The van der Waals surface area contributed by atoms with Crippen LogP contribution in [0.15, 0.2) is 0 Å². The van der Waals surface area contributed by atoms with Gasteiger partial charge in [0.25, 0.3) is 0 Å². The second-order valence-electron chi connectivity index (χ2n) is 4.56. The highest BCUT2D eigenvalue weighted by Gasteiger charge is 2.30. The summed E-state index contributed by atoms with van der Waals surface area (Å²) in [5, 5.41) is 11.5. The lowest BCUT2D eigenvalue weighted by molar-refractivity contribution is -0.131. The van der Waals surface area contributed by atoms with Crippen molar-refractivity contribution in [3.05, 3.63) is 0 Å². The Labute approximate surface area is 86.9 Å². The molecule has 0 saturated heterocycles. The Bertz CT molecular complexity index is 176. The molecule has 0 atom stereocenters. The molecule has 0 aliphatic carbocycles.